The van der Waals surface area contributed by atoms with Crippen molar-refractivity contribution in [3.05, 3.63) is 101 Å². The van der Waals surface area contributed by atoms with Gasteiger partial charge in [0.05, 0.1) is 0 Å². The van der Waals surface area contributed by atoms with Gasteiger partial charge in [-0.05, 0) is 23.6 Å². The van der Waals surface area contributed by atoms with Crippen molar-refractivity contribution in [2.45, 2.75) is 18.9 Å². The molecule has 0 bridgehead atoms. The first-order valence-corrected chi connectivity index (χ1v) is 9.93. The number of benzene rings is 2. The van der Waals surface area contributed by atoms with Crippen LogP contribution in [-0.4, -0.2) is 32.1 Å². The first-order valence-electron chi connectivity index (χ1n) is 9.93. The molecule has 0 fully saturated rings. The van der Waals surface area contributed by atoms with E-state index in [1.807, 2.05) is 36.4 Å². The largest absolute Gasteiger partial charge is 0.442 e. The van der Waals surface area contributed by atoms with Crippen LogP contribution in [0.3, 0.4) is 0 Å². The van der Waals surface area contributed by atoms with E-state index in [9.17, 15) is 9.59 Å². The van der Waals surface area contributed by atoms with E-state index in [-0.39, 0.29) is 30.0 Å². The number of nitrogens with one attached hydrogen (secondary N) is 1. The Hall–Kier alpha value is -4.07. The Morgan fingerprint density at radius 2 is 1.55 bits per heavy atom. The average molecular weight is 415 g/mol. The van der Waals surface area contributed by atoms with Gasteiger partial charge in [-0.1, -0.05) is 65.8 Å². The zero-order valence-electron chi connectivity index (χ0n) is 16.7. The molecule has 0 spiro atoms. The number of nitrogens with zero attached hydrogens (tertiary/aromatic N) is 4. The van der Waals surface area contributed by atoms with Crippen LogP contribution in [0.2, 0.25) is 0 Å². The van der Waals surface area contributed by atoms with E-state index < -0.39 is 5.76 Å². The summed E-state index contributed by atoms with van der Waals surface area (Å²) in [4.78, 5) is 32.6. The Bertz CT molecular complexity index is 1130. The second-order valence-electron chi connectivity index (χ2n) is 6.94. The van der Waals surface area contributed by atoms with Crippen molar-refractivity contribution < 1.29 is 9.32 Å². The maximum atomic E-state index is 12.5. The fourth-order valence-corrected chi connectivity index (χ4v) is 3.43. The minimum Gasteiger partial charge on any atom is -0.355 e. The summed E-state index contributed by atoms with van der Waals surface area (Å²) in [7, 11) is 0. The Kier molecular flexibility index (Phi) is 6.27. The molecule has 2 heterocycles. The van der Waals surface area contributed by atoms with Crippen molar-refractivity contribution in [3.8, 4) is 11.6 Å². The first-order chi connectivity index (χ1) is 15.2. The van der Waals surface area contributed by atoms with E-state index in [0.717, 1.165) is 4.57 Å². The van der Waals surface area contributed by atoms with Crippen molar-refractivity contribution in [2.24, 2.45) is 0 Å². The number of aromatic nitrogens is 4. The summed E-state index contributed by atoms with van der Waals surface area (Å²) in [6, 6.07) is 22.0. The van der Waals surface area contributed by atoms with Crippen LogP contribution in [0.25, 0.3) is 11.6 Å². The molecule has 4 rings (SSSR count). The molecule has 0 saturated carbocycles. The fourth-order valence-electron chi connectivity index (χ4n) is 3.43. The summed E-state index contributed by atoms with van der Waals surface area (Å²) >= 11 is 0. The topological polar surface area (TPSA) is 103 Å². The second-order valence-corrected chi connectivity index (χ2v) is 6.94. The third kappa shape index (κ3) is 4.92. The minimum atomic E-state index is -0.732. The van der Waals surface area contributed by atoms with Crippen molar-refractivity contribution in [2.75, 3.05) is 6.54 Å². The van der Waals surface area contributed by atoms with Crippen molar-refractivity contribution in [1.82, 2.24) is 25.0 Å². The molecule has 31 heavy (non-hydrogen) atoms. The fraction of sp³-hybridized carbons (Fsp3) is 0.174. The SMILES string of the molecule is O=C(Cn1c(-c2ncccn2)noc1=O)NCCC(c1ccccc1)c1ccccc1. The maximum Gasteiger partial charge on any atom is 0.442 e. The lowest BCUT2D eigenvalue weighted by molar-refractivity contribution is -0.121. The van der Waals surface area contributed by atoms with E-state index in [1.54, 1.807) is 6.07 Å². The van der Waals surface area contributed by atoms with Gasteiger partial charge in [0, 0.05) is 24.9 Å². The molecular weight excluding hydrogens is 394 g/mol. The molecule has 0 aliphatic heterocycles. The monoisotopic (exact) mass is 415 g/mol. The Morgan fingerprint density at radius 1 is 0.935 bits per heavy atom. The molecule has 2 aromatic carbocycles. The van der Waals surface area contributed by atoms with Gasteiger partial charge in [-0.3, -0.25) is 9.32 Å². The van der Waals surface area contributed by atoms with Gasteiger partial charge in [-0.25, -0.2) is 19.3 Å². The smallest absolute Gasteiger partial charge is 0.355 e. The molecular formula is C23H21N5O3. The van der Waals surface area contributed by atoms with E-state index in [1.165, 1.54) is 23.5 Å². The summed E-state index contributed by atoms with van der Waals surface area (Å²) in [6.45, 7) is 0.224. The zero-order chi connectivity index (χ0) is 21.5. The molecule has 0 radical (unpaired) electrons. The summed E-state index contributed by atoms with van der Waals surface area (Å²) in [5.41, 5.74) is 2.36. The van der Waals surface area contributed by atoms with Crippen LogP contribution in [-0.2, 0) is 11.3 Å². The highest BCUT2D eigenvalue weighted by molar-refractivity contribution is 5.76. The number of carbonyl (C=O) groups is 1. The molecule has 0 aliphatic rings. The third-order valence-electron chi connectivity index (χ3n) is 4.91. The highest BCUT2D eigenvalue weighted by Gasteiger charge is 2.18. The molecule has 0 aliphatic carbocycles. The molecule has 8 heteroatoms. The van der Waals surface area contributed by atoms with Crippen LogP contribution in [0.5, 0.6) is 0 Å². The first kappa shape index (κ1) is 20.2. The third-order valence-corrected chi connectivity index (χ3v) is 4.91. The van der Waals surface area contributed by atoms with Gasteiger partial charge >= 0.3 is 5.76 Å². The van der Waals surface area contributed by atoms with E-state index >= 15 is 0 Å². The Labute approximate surface area is 178 Å². The van der Waals surface area contributed by atoms with Gasteiger partial charge in [0.25, 0.3) is 0 Å². The molecule has 1 amide bonds. The zero-order valence-corrected chi connectivity index (χ0v) is 16.7. The van der Waals surface area contributed by atoms with Crippen LogP contribution in [0.1, 0.15) is 23.5 Å². The van der Waals surface area contributed by atoms with E-state index in [0.29, 0.717) is 13.0 Å². The van der Waals surface area contributed by atoms with Gasteiger partial charge < -0.3 is 5.32 Å². The Balaban J connectivity index is 1.42. The number of hydrogen-bond acceptors (Lipinski definition) is 6. The van der Waals surface area contributed by atoms with Crippen LogP contribution < -0.4 is 11.1 Å². The highest BCUT2D eigenvalue weighted by Crippen LogP contribution is 2.27. The van der Waals surface area contributed by atoms with Crippen LogP contribution in [0, 0.1) is 0 Å². The van der Waals surface area contributed by atoms with Crippen molar-refractivity contribution in [1.29, 1.82) is 0 Å². The molecule has 0 saturated heterocycles. The average Bonchev–Trinajstić information content (AvgIpc) is 3.18. The molecule has 8 nitrogen and oxygen atoms in total. The lowest BCUT2D eigenvalue weighted by Crippen LogP contribution is -2.32. The summed E-state index contributed by atoms with van der Waals surface area (Å²) < 4.78 is 5.83. The second kappa shape index (κ2) is 9.62. The van der Waals surface area contributed by atoms with E-state index in [4.69, 9.17) is 4.52 Å². The number of amides is 1. The summed E-state index contributed by atoms with van der Waals surface area (Å²) in [5.74, 6) is -0.567. The van der Waals surface area contributed by atoms with E-state index in [2.05, 4.69) is 44.7 Å². The van der Waals surface area contributed by atoms with Gasteiger partial charge in [-0.2, -0.15) is 0 Å². The molecule has 4 aromatic rings. The lowest BCUT2D eigenvalue weighted by atomic mass is 9.88. The summed E-state index contributed by atoms with van der Waals surface area (Å²) in [5, 5.41) is 6.59. The van der Waals surface area contributed by atoms with Gasteiger partial charge in [0.1, 0.15) is 6.54 Å². The highest BCUT2D eigenvalue weighted by atomic mass is 16.5. The number of carbonyl (C=O) groups excluding carboxylic acids is 1. The van der Waals surface area contributed by atoms with Gasteiger partial charge in [0.2, 0.25) is 11.7 Å². The molecule has 0 unspecified atom stereocenters. The number of hydrogen-bond donors (Lipinski definition) is 1. The standard InChI is InChI=1S/C23H21N5O3/c29-20(16-28-22(27-31-23(28)30)21-25-13-7-14-26-21)24-15-12-19(17-8-3-1-4-9-17)18-10-5-2-6-11-18/h1-11,13-14,19H,12,15-16H2,(H,24,29). The minimum absolute atomic E-state index is 0.118. The lowest BCUT2D eigenvalue weighted by Gasteiger charge is -2.18. The quantitative estimate of drug-likeness (QED) is 0.475. The van der Waals surface area contributed by atoms with Gasteiger partial charge in [0.15, 0.2) is 5.82 Å². The van der Waals surface area contributed by atoms with Gasteiger partial charge in [-0.15, -0.1) is 0 Å². The summed E-state index contributed by atoms with van der Waals surface area (Å²) in [6.07, 6.45) is 3.77. The predicted molar refractivity (Wildman–Crippen MR) is 114 cm³/mol. The van der Waals surface area contributed by atoms with Crippen LogP contribution in [0.15, 0.2) is 88.4 Å². The predicted octanol–water partition coefficient (Wildman–Crippen LogP) is 2.63. The Morgan fingerprint density at radius 3 is 2.16 bits per heavy atom. The molecule has 1 N–H and O–H groups in total. The number of rotatable bonds is 8. The van der Waals surface area contributed by atoms with Crippen molar-refractivity contribution >= 4 is 5.91 Å². The van der Waals surface area contributed by atoms with Crippen LogP contribution in [0.4, 0.5) is 0 Å². The normalized spacial score (nSPS) is 10.9. The molecule has 156 valence electrons. The maximum absolute atomic E-state index is 12.5. The molecule has 2 aromatic heterocycles. The van der Waals surface area contributed by atoms with Crippen LogP contribution >= 0.6 is 0 Å². The molecule has 0 atom stereocenters. The van der Waals surface area contributed by atoms with Crippen molar-refractivity contribution in [3.63, 3.8) is 0 Å².